The second-order valence-corrected chi connectivity index (χ2v) is 9.10. The van der Waals surface area contributed by atoms with Gasteiger partial charge < -0.3 is 5.32 Å². The first-order chi connectivity index (χ1) is 13.7. The van der Waals surface area contributed by atoms with E-state index in [1.54, 1.807) is 30.3 Å². The molecule has 0 atom stereocenters. The van der Waals surface area contributed by atoms with E-state index in [-0.39, 0.29) is 17.2 Å². The summed E-state index contributed by atoms with van der Waals surface area (Å²) in [6.07, 6.45) is 0.792. The summed E-state index contributed by atoms with van der Waals surface area (Å²) in [5.41, 5.74) is 2.56. The summed E-state index contributed by atoms with van der Waals surface area (Å²) in [6.45, 7) is 8.27. The second kappa shape index (κ2) is 8.53. The van der Waals surface area contributed by atoms with Gasteiger partial charge in [-0.15, -0.1) is 10.2 Å². The van der Waals surface area contributed by atoms with Crippen molar-refractivity contribution in [3.63, 3.8) is 0 Å². The molecule has 1 aromatic heterocycles. The first-order valence-corrected chi connectivity index (χ1v) is 10.1. The minimum atomic E-state index is -0.293. The second-order valence-electron chi connectivity index (χ2n) is 8.04. The summed E-state index contributed by atoms with van der Waals surface area (Å²) in [6, 6.07) is 14.2. The lowest BCUT2D eigenvalue weighted by molar-refractivity contribution is 0.101. The molecular weight excluding hydrogens is 384 g/mol. The van der Waals surface area contributed by atoms with Crippen LogP contribution in [-0.2, 0) is 6.42 Å². The van der Waals surface area contributed by atoms with Crippen LogP contribution in [-0.4, -0.2) is 22.0 Å². The van der Waals surface area contributed by atoms with E-state index in [1.807, 2.05) is 25.1 Å². The summed E-state index contributed by atoms with van der Waals surface area (Å²) in [5, 5.41) is 15.2. The number of benzene rings is 2. The highest BCUT2D eigenvalue weighted by Gasteiger charge is 2.17. The Morgan fingerprint density at radius 2 is 1.62 bits per heavy atom. The van der Waals surface area contributed by atoms with Gasteiger partial charge in [-0.3, -0.25) is 14.9 Å². The van der Waals surface area contributed by atoms with Gasteiger partial charge in [0.1, 0.15) is 5.01 Å². The molecule has 0 bridgehead atoms. The fraction of sp³-hybridized carbons (Fsp3) is 0.273. The molecule has 0 aliphatic heterocycles. The minimum absolute atomic E-state index is 0.101. The summed E-state index contributed by atoms with van der Waals surface area (Å²) in [5.74, 6) is -0.513. The summed E-state index contributed by atoms with van der Waals surface area (Å²) >= 11 is 1.37. The van der Waals surface area contributed by atoms with E-state index in [0.29, 0.717) is 21.9 Å². The van der Waals surface area contributed by atoms with E-state index < -0.39 is 0 Å². The van der Waals surface area contributed by atoms with Crippen LogP contribution in [0.25, 0.3) is 0 Å². The van der Waals surface area contributed by atoms with Crippen molar-refractivity contribution in [1.29, 1.82) is 0 Å². The minimum Gasteiger partial charge on any atom is -0.322 e. The van der Waals surface area contributed by atoms with Crippen LogP contribution in [0.2, 0.25) is 0 Å². The van der Waals surface area contributed by atoms with Crippen LogP contribution in [0.3, 0.4) is 0 Å². The monoisotopic (exact) mass is 408 g/mol. The number of aromatic nitrogens is 2. The molecule has 3 rings (SSSR count). The van der Waals surface area contributed by atoms with Crippen LogP contribution in [0, 0.1) is 12.3 Å². The molecule has 2 aromatic carbocycles. The molecule has 0 aliphatic rings. The van der Waals surface area contributed by atoms with E-state index in [2.05, 4.69) is 41.6 Å². The van der Waals surface area contributed by atoms with E-state index in [1.165, 1.54) is 11.3 Å². The van der Waals surface area contributed by atoms with Crippen molar-refractivity contribution in [3.05, 3.63) is 70.2 Å². The maximum Gasteiger partial charge on any atom is 0.257 e. The first kappa shape index (κ1) is 20.7. The zero-order valence-corrected chi connectivity index (χ0v) is 17.8. The number of nitrogens with one attached hydrogen (secondary N) is 2. The third kappa shape index (κ3) is 5.71. The zero-order valence-electron chi connectivity index (χ0n) is 16.9. The Morgan fingerprint density at radius 1 is 0.931 bits per heavy atom. The lowest BCUT2D eigenvalue weighted by atomic mass is 9.93. The number of carbonyl (C=O) groups is 2. The largest absolute Gasteiger partial charge is 0.322 e. The Kier molecular flexibility index (Phi) is 6.08. The van der Waals surface area contributed by atoms with E-state index in [9.17, 15) is 9.59 Å². The van der Waals surface area contributed by atoms with Gasteiger partial charge in [-0.25, -0.2) is 0 Å². The van der Waals surface area contributed by atoms with Crippen molar-refractivity contribution < 1.29 is 9.59 Å². The summed E-state index contributed by atoms with van der Waals surface area (Å²) in [4.78, 5) is 25.1. The fourth-order valence-electron chi connectivity index (χ4n) is 2.68. The highest BCUT2D eigenvalue weighted by molar-refractivity contribution is 7.15. The molecule has 150 valence electrons. The molecule has 0 saturated carbocycles. The van der Waals surface area contributed by atoms with Gasteiger partial charge in [0.2, 0.25) is 5.13 Å². The van der Waals surface area contributed by atoms with Crippen molar-refractivity contribution in [2.75, 3.05) is 10.6 Å². The first-order valence-electron chi connectivity index (χ1n) is 9.32. The Morgan fingerprint density at radius 3 is 2.31 bits per heavy atom. The van der Waals surface area contributed by atoms with Gasteiger partial charge in [0, 0.05) is 23.2 Å². The van der Waals surface area contributed by atoms with E-state index >= 15 is 0 Å². The molecule has 7 heteroatoms. The van der Waals surface area contributed by atoms with Crippen LogP contribution < -0.4 is 10.6 Å². The summed E-state index contributed by atoms with van der Waals surface area (Å²) < 4.78 is 0. The molecular formula is C22H24N4O2S. The average molecular weight is 409 g/mol. The number of anilines is 2. The SMILES string of the molecule is Cc1ccc(C(=O)Nc2nnc(CC(C)(C)C)s2)cc1NC(=O)c1ccccc1. The van der Waals surface area contributed by atoms with Gasteiger partial charge in [-0.05, 0) is 42.2 Å². The van der Waals surface area contributed by atoms with Crippen LogP contribution in [0.1, 0.15) is 52.1 Å². The van der Waals surface area contributed by atoms with Crippen LogP contribution >= 0.6 is 11.3 Å². The van der Waals surface area contributed by atoms with Crippen molar-refractivity contribution in [2.24, 2.45) is 5.41 Å². The van der Waals surface area contributed by atoms with Gasteiger partial charge in [0.25, 0.3) is 11.8 Å². The van der Waals surface area contributed by atoms with Crippen molar-refractivity contribution in [2.45, 2.75) is 34.1 Å². The number of hydrogen-bond acceptors (Lipinski definition) is 5. The highest BCUT2D eigenvalue weighted by Crippen LogP contribution is 2.25. The van der Waals surface area contributed by atoms with Crippen molar-refractivity contribution in [1.82, 2.24) is 10.2 Å². The molecule has 0 unspecified atom stereocenters. The molecule has 6 nitrogen and oxygen atoms in total. The van der Waals surface area contributed by atoms with Crippen molar-refractivity contribution in [3.8, 4) is 0 Å². The number of amides is 2. The predicted octanol–water partition coefficient (Wildman–Crippen LogP) is 4.94. The number of hydrogen-bond donors (Lipinski definition) is 2. The molecule has 0 radical (unpaired) electrons. The third-order valence-corrected chi connectivity index (χ3v) is 4.99. The highest BCUT2D eigenvalue weighted by atomic mass is 32.1. The molecule has 0 fully saturated rings. The Bertz CT molecular complexity index is 1020. The zero-order chi connectivity index (χ0) is 21.0. The summed E-state index contributed by atoms with van der Waals surface area (Å²) in [7, 11) is 0. The van der Waals surface area contributed by atoms with Gasteiger partial charge in [-0.1, -0.05) is 56.4 Å². The lowest BCUT2D eigenvalue weighted by Crippen LogP contribution is -2.15. The number of carbonyl (C=O) groups excluding carboxylic acids is 2. The number of nitrogens with zero attached hydrogens (tertiary/aromatic N) is 2. The maximum absolute atomic E-state index is 12.6. The molecule has 2 amide bonds. The average Bonchev–Trinajstić information content (AvgIpc) is 3.09. The quantitative estimate of drug-likeness (QED) is 0.626. The van der Waals surface area contributed by atoms with E-state index in [0.717, 1.165) is 17.0 Å². The third-order valence-electron chi connectivity index (χ3n) is 4.15. The molecule has 0 saturated heterocycles. The Balaban J connectivity index is 1.72. The van der Waals surface area contributed by atoms with Crippen LogP contribution in [0.5, 0.6) is 0 Å². The molecule has 29 heavy (non-hydrogen) atoms. The standard InChI is InChI=1S/C22H24N4O2S/c1-14-10-11-16(12-17(14)23-19(27)15-8-6-5-7-9-15)20(28)24-21-26-25-18(29-21)13-22(2,3)4/h5-12H,13H2,1-4H3,(H,23,27)(H,24,26,28). The topological polar surface area (TPSA) is 84.0 Å². The smallest absolute Gasteiger partial charge is 0.257 e. The Hall–Kier alpha value is -3.06. The fourth-order valence-corrected chi connectivity index (χ4v) is 3.72. The van der Waals surface area contributed by atoms with Crippen molar-refractivity contribution >= 4 is 34.0 Å². The number of rotatable bonds is 5. The Labute approximate surface area is 174 Å². The van der Waals surface area contributed by atoms with Gasteiger partial charge in [0.05, 0.1) is 0 Å². The van der Waals surface area contributed by atoms with Crippen LogP contribution in [0.4, 0.5) is 10.8 Å². The molecule has 2 N–H and O–H groups in total. The van der Waals surface area contributed by atoms with Gasteiger partial charge in [0.15, 0.2) is 0 Å². The molecule has 1 heterocycles. The molecule has 3 aromatic rings. The lowest BCUT2D eigenvalue weighted by Gasteiger charge is -2.14. The van der Waals surface area contributed by atoms with Crippen LogP contribution in [0.15, 0.2) is 48.5 Å². The van der Waals surface area contributed by atoms with Gasteiger partial charge in [-0.2, -0.15) is 0 Å². The van der Waals surface area contributed by atoms with Gasteiger partial charge >= 0.3 is 0 Å². The maximum atomic E-state index is 12.6. The number of aryl methyl sites for hydroxylation is 1. The predicted molar refractivity (Wildman–Crippen MR) is 117 cm³/mol. The molecule has 0 aliphatic carbocycles. The van der Waals surface area contributed by atoms with E-state index in [4.69, 9.17) is 0 Å². The molecule has 0 spiro atoms. The normalized spacial score (nSPS) is 11.2.